The van der Waals surface area contributed by atoms with Gasteiger partial charge >= 0.3 is 0 Å². The molecule has 2 heterocycles. The second-order valence-electron chi connectivity index (χ2n) is 14.0. The third-order valence-electron chi connectivity index (χ3n) is 10.9. The largest absolute Gasteiger partial charge is 0.455 e. The Kier molecular flexibility index (Phi) is 7.17. The molecule has 0 aliphatic heterocycles. The van der Waals surface area contributed by atoms with Gasteiger partial charge in [-0.1, -0.05) is 164 Å². The predicted molar refractivity (Wildman–Crippen MR) is 229 cm³/mol. The van der Waals surface area contributed by atoms with Crippen molar-refractivity contribution in [2.45, 2.75) is 0 Å². The molecule has 11 aromatic rings. The van der Waals surface area contributed by atoms with Crippen molar-refractivity contribution in [2.24, 2.45) is 0 Å². The normalized spacial score (nSPS) is 11.6. The Labute approximate surface area is 317 Å². The van der Waals surface area contributed by atoms with Gasteiger partial charge in [0.1, 0.15) is 16.7 Å². The number of anilines is 3. The van der Waals surface area contributed by atoms with Crippen LogP contribution >= 0.6 is 0 Å². The Hall–Kier alpha value is -7.36. The van der Waals surface area contributed by atoms with Gasteiger partial charge in [0, 0.05) is 43.9 Å². The van der Waals surface area contributed by atoms with Crippen LogP contribution < -0.4 is 4.90 Å². The SMILES string of the molecule is c1ccc(-c2ccc(N(c3ccccc3-c3ccccc3)c3cccc4c3oc3c(-c5cccc6c5oc5ccccc56)c5ccccc5cc34)cc2)cc1. The van der Waals surface area contributed by atoms with Crippen molar-refractivity contribution in [3.8, 4) is 33.4 Å². The molecule has 0 atom stereocenters. The summed E-state index contributed by atoms with van der Waals surface area (Å²) in [7, 11) is 0. The molecule has 0 bridgehead atoms. The van der Waals surface area contributed by atoms with Gasteiger partial charge in [0.25, 0.3) is 0 Å². The van der Waals surface area contributed by atoms with Crippen LogP contribution in [-0.4, -0.2) is 0 Å². The van der Waals surface area contributed by atoms with E-state index in [0.29, 0.717) is 0 Å². The van der Waals surface area contributed by atoms with Gasteiger partial charge in [0.15, 0.2) is 5.58 Å². The maximum Gasteiger partial charge on any atom is 0.159 e. The molecule has 3 heteroatoms. The van der Waals surface area contributed by atoms with E-state index in [0.717, 1.165) is 94.0 Å². The van der Waals surface area contributed by atoms with E-state index >= 15 is 0 Å². The van der Waals surface area contributed by atoms with Crippen molar-refractivity contribution in [2.75, 3.05) is 4.90 Å². The monoisotopic (exact) mass is 703 g/mol. The number of para-hydroxylation sites is 4. The van der Waals surface area contributed by atoms with E-state index in [2.05, 4.69) is 193 Å². The van der Waals surface area contributed by atoms with E-state index in [-0.39, 0.29) is 0 Å². The van der Waals surface area contributed by atoms with Crippen molar-refractivity contribution in [3.05, 3.63) is 200 Å². The van der Waals surface area contributed by atoms with Crippen LogP contribution in [0.5, 0.6) is 0 Å². The summed E-state index contributed by atoms with van der Waals surface area (Å²) in [6.07, 6.45) is 0. The smallest absolute Gasteiger partial charge is 0.159 e. The summed E-state index contributed by atoms with van der Waals surface area (Å²) in [6, 6.07) is 70.7. The Bertz CT molecular complexity index is 3190. The maximum atomic E-state index is 7.28. The minimum atomic E-state index is 0.820. The topological polar surface area (TPSA) is 29.5 Å². The molecule has 0 radical (unpaired) electrons. The van der Waals surface area contributed by atoms with E-state index in [4.69, 9.17) is 8.83 Å². The zero-order chi connectivity index (χ0) is 36.3. The summed E-state index contributed by atoms with van der Waals surface area (Å²) in [4.78, 5) is 2.35. The van der Waals surface area contributed by atoms with Gasteiger partial charge < -0.3 is 13.7 Å². The average Bonchev–Trinajstić information content (AvgIpc) is 3.83. The molecule has 0 fully saturated rings. The molecule has 3 nitrogen and oxygen atoms in total. The first kappa shape index (κ1) is 31.2. The fourth-order valence-corrected chi connectivity index (χ4v) is 8.34. The van der Waals surface area contributed by atoms with Crippen molar-refractivity contribution < 1.29 is 8.83 Å². The van der Waals surface area contributed by atoms with Gasteiger partial charge in [0.05, 0.1) is 11.4 Å². The number of hydrogen-bond acceptors (Lipinski definition) is 3. The molecule has 0 aliphatic carbocycles. The lowest BCUT2D eigenvalue weighted by Gasteiger charge is -2.28. The molecule has 258 valence electrons. The molecule has 2 aromatic heterocycles. The number of hydrogen-bond donors (Lipinski definition) is 0. The quantitative estimate of drug-likeness (QED) is 0.173. The second-order valence-corrected chi connectivity index (χ2v) is 14.0. The minimum Gasteiger partial charge on any atom is -0.455 e. The highest BCUT2D eigenvalue weighted by Gasteiger charge is 2.25. The first-order valence-electron chi connectivity index (χ1n) is 18.7. The highest BCUT2D eigenvalue weighted by molar-refractivity contribution is 6.23. The van der Waals surface area contributed by atoms with Crippen molar-refractivity contribution in [3.63, 3.8) is 0 Å². The standard InChI is InChI=1S/C52H33NO2/c1-3-15-34(16-4-1)35-29-31-38(32-30-35)53(46-26-11-9-20-39(46)36-17-5-2-6-18-36)47-27-14-24-43-45-33-37-19-7-8-21-40(37)49(52(45)55-51(43)47)44-25-13-23-42-41-22-10-12-28-48(41)54-50(42)44/h1-33H. The molecule has 0 saturated carbocycles. The number of nitrogens with zero attached hydrogens (tertiary/aromatic N) is 1. The van der Waals surface area contributed by atoms with Crippen LogP contribution in [0.15, 0.2) is 209 Å². The summed E-state index contributed by atoms with van der Waals surface area (Å²) in [5.74, 6) is 0. The zero-order valence-electron chi connectivity index (χ0n) is 29.8. The van der Waals surface area contributed by atoms with E-state index in [9.17, 15) is 0 Å². The zero-order valence-corrected chi connectivity index (χ0v) is 29.8. The van der Waals surface area contributed by atoms with Crippen molar-refractivity contribution >= 4 is 71.7 Å². The molecular weight excluding hydrogens is 671 g/mol. The molecule has 0 unspecified atom stereocenters. The summed E-state index contributed by atoms with van der Waals surface area (Å²) in [6.45, 7) is 0. The number of fused-ring (bicyclic) bond motifs is 7. The number of benzene rings is 9. The van der Waals surface area contributed by atoms with E-state index in [1.807, 2.05) is 12.1 Å². The predicted octanol–water partition coefficient (Wildman–Crippen LogP) is 15.1. The Morgan fingerprint density at radius 3 is 1.73 bits per heavy atom. The van der Waals surface area contributed by atoms with Gasteiger partial charge in [-0.15, -0.1) is 0 Å². The van der Waals surface area contributed by atoms with Crippen LogP contribution in [0.25, 0.3) is 88.0 Å². The average molecular weight is 704 g/mol. The van der Waals surface area contributed by atoms with Gasteiger partial charge in [0.2, 0.25) is 0 Å². The lowest BCUT2D eigenvalue weighted by Crippen LogP contribution is -2.11. The summed E-state index contributed by atoms with van der Waals surface area (Å²) in [5, 5.41) is 6.58. The highest BCUT2D eigenvalue weighted by Crippen LogP contribution is 2.49. The van der Waals surface area contributed by atoms with Gasteiger partial charge in [-0.2, -0.15) is 0 Å². The highest BCUT2D eigenvalue weighted by atomic mass is 16.3. The summed E-state index contributed by atoms with van der Waals surface area (Å²) >= 11 is 0. The maximum absolute atomic E-state index is 7.28. The lowest BCUT2D eigenvalue weighted by molar-refractivity contribution is 0.665. The minimum absolute atomic E-state index is 0.820. The molecule has 9 aromatic carbocycles. The van der Waals surface area contributed by atoms with Gasteiger partial charge in [-0.3, -0.25) is 0 Å². The molecule has 11 rings (SSSR count). The van der Waals surface area contributed by atoms with Crippen LogP contribution in [0.3, 0.4) is 0 Å². The molecule has 0 amide bonds. The Morgan fingerprint density at radius 1 is 0.327 bits per heavy atom. The van der Waals surface area contributed by atoms with Gasteiger partial charge in [-0.05, 0) is 63.9 Å². The third kappa shape index (κ3) is 5.05. The molecule has 0 spiro atoms. The second kappa shape index (κ2) is 12.6. The third-order valence-corrected chi connectivity index (χ3v) is 10.9. The van der Waals surface area contributed by atoms with Crippen LogP contribution in [0.4, 0.5) is 17.1 Å². The van der Waals surface area contributed by atoms with E-state index < -0.39 is 0 Å². The fraction of sp³-hybridized carbons (Fsp3) is 0. The summed E-state index contributed by atoms with van der Waals surface area (Å²) < 4.78 is 13.9. The molecule has 0 saturated heterocycles. The van der Waals surface area contributed by atoms with Crippen LogP contribution in [0.1, 0.15) is 0 Å². The van der Waals surface area contributed by atoms with Gasteiger partial charge in [-0.25, -0.2) is 0 Å². The van der Waals surface area contributed by atoms with E-state index in [1.54, 1.807) is 0 Å². The van der Waals surface area contributed by atoms with Crippen molar-refractivity contribution in [1.29, 1.82) is 0 Å². The molecule has 55 heavy (non-hydrogen) atoms. The van der Waals surface area contributed by atoms with Crippen LogP contribution in [0.2, 0.25) is 0 Å². The Balaban J connectivity index is 1.20. The number of rotatable bonds is 6. The number of furan rings is 2. The van der Waals surface area contributed by atoms with E-state index in [1.165, 1.54) is 11.1 Å². The summed E-state index contributed by atoms with van der Waals surface area (Å²) in [5.41, 5.74) is 13.1. The first-order chi connectivity index (χ1) is 27.3. The first-order valence-corrected chi connectivity index (χ1v) is 18.7. The molecule has 0 N–H and O–H groups in total. The Morgan fingerprint density at radius 2 is 0.909 bits per heavy atom. The molecule has 0 aliphatic rings. The van der Waals surface area contributed by atoms with Crippen LogP contribution in [-0.2, 0) is 0 Å². The van der Waals surface area contributed by atoms with Crippen molar-refractivity contribution in [1.82, 2.24) is 0 Å². The van der Waals surface area contributed by atoms with Crippen LogP contribution in [0, 0.1) is 0 Å². The lowest BCUT2D eigenvalue weighted by atomic mass is 9.94. The fourth-order valence-electron chi connectivity index (χ4n) is 8.34. The molecular formula is C52H33NO2.